The molecule has 3 aromatic carbocycles. The van der Waals surface area contributed by atoms with E-state index in [1.165, 1.54) is 0 Å². The first-order valence-corrected chi connectivity index (χ1v) is 12.9. The minimum Gasteiger partial charge on any atom is -0.497 e. The van der Waals surface area contributed by atoms with Gasteiger partial charge in [-0.15, -0.1) is 0 Å². The van der Waals surface area contributed by atoms with Gasteiger partial charge in [0.2, 0.25) is 5.91 Å². The van der Waals surface area contributed by atoms with Crippen molar-refractivity contribution in [1.82, 2.24) is 20.0 Å². The van der Waals surface area contributed by atoms with Crippen LogP contribution in [0.15, 0.2) is 84.9 Å². The summed E-state index contributed by atoms with van der Waals surface area (Å²) in [6, 6.07) is 27.1. The fourth-order valence-corrected chi connectivity index (χ4v) is 4.84. The van der Waals surface area contributed by atoms with Gasteiger partial charge in [-0.2, -0.15) is 5.10 Å². The molecule has 0 unspecified atom stereocenters. The zero-order valence-electron chi connectivity index (χ0n) is 22.7. The maximum Gasteiger partial charge on any atom is 0.273 e. The number of aromatic nitrogens is 2. The minimum atomic E-state index is -1.15. The third-order valence-corrected chi connectivity index (χ3v) is 7.26. The molecule has 1 aliphatic rings. The van der Waals surface area contributed by atoms with Gasteiger partial charge in [0.05, 0.1) is 19.3 Å². The average molecular weight is 524 g/mol. The van der Waals surface area contributed by atoms with Gasteiger partial charge >= 0.3 is 0 Å². The van der Waals surface area contributed by atoms with Gasteiger partial charge < -0.3 is 19.9 Å². The van der Waals surface area contributed by atoms with Crippen LogP contribution in [0.2, 0.25) is 0 Å². The Morgan fingerprint density at radius 1 is 1.00 bits per heavy atom. The zero-order chi connectivity index (χ0) is 27.6. The zero-order valence-corrected chi connectivity index (χ0v) is 22.7. The first kappa shape index (κ1) is 26.0. The number of amides is 2. The van der Waals surface area contributed by atoms with Crippen molar-refractivity contribution in [3.8, 4) is 17.0 Å². The highest BCUT2D eigenvalue weighted by Gasteiger charge is 2.48. The van der Waals surface area contributed by atoms with Crippen molar-refractivity contribution < 1.29 is 14.3 Å². The van der Waals surface area contributed by atoms with E-state index in [1.54, 1.807) is 22.8 Å². The number of carbonyl (C=O) groups excluding carboxylic acids is 2. The Morgan fingerprint density at radius 2 is 1.69 bits per heavy atom. The molecule has 5 rings (SSSR count). The smallest absolute Gasteiger partial charge is 0.273 e. The Kier molecular flexibility index (Phi) is 7.11. The van der Waals surface area contributed by atoms with Crippen LogP contribution in [-0.2, 0) is 24.4 Å². The summed E-state index contributed by atoms with van der Waals surface area (Å²) < 4.78 is 6.93. The molecule has 200 valence electrons. The number of rotatable bonds is 8. The summed E-state index contributed by atoms with van der Waals surface area (Å²) in [7, 11) is 5.59. The van der Waals surface area contributed by atoms with E-state index in [1.807, 2.05) is 105 Å². The lowest BCUT2D eigenvalue weighted by molar-refractivity contribution is -0.133. The Balaban J connectivity index is 1.48. The monoisotopic (exact) mass is 523 g/mol. The second kappa shape index (κ2) is 10.6. The quantitative estimate of drug-likeness (QED) is 0.371. The topological polar surface area (TPSA) is 79.7 Å². The van der Waals surface area contributed by atoms with E-state index < -0.39 is 5.54 Å². The van der Waals surface area contributed by atoms with Crippen LogP contribution in [0.5, 0.6) is 5.75 Å². The van der Waals surface area contributed by atoms with Crippen LogP contribution in [0.25, 0.3) is 11.3 Å². The number of hydrogen-bond acceptors (Lipinski definition) is 5. The van der Waals surface area contributed by atoms with Crippen molar-refractivity contribution >= 4 is 17.5 Å². The molecule has 2 amide bonds. The summed E-state index contributed by atoms with van der Waals surface area (Å²) in [5, 5.41) is 7.80. The second-order valence-corrected chi connectivity index (χ2v) is 10.2. The summed E-state index contributed by atoms with van der Waals surface area (Å²) in [5.74, 6) is 0.284. The van der Waals surface area contributed by atoms with Crippen LogP contribution in [0.3, 0.4) is 0 Å². The van der Waals surface area contributed by atoms with Gasteiger partial charge in [-0.1, -0.05) is 42.5 Å². The van der Waals surface area contributed by atoms with E-state index in [9.17, 15) is 9.59 Å². The van der Waals surface area contributed by atoms with Gasteiger partial charge in [-0.25, -0.2) is 0 Å². The number of anilines is 1. The van der Waals surface area contributed by atoms with Crippen molar-refractivity contribution in [2.75, 3.05) is 26.1 Å². The second-order valence-electron chi connectivity index (χ2n) is 10.2. The molecule has 1 atom stereocenters. The van der Waals surface area contributed by atoms with E-state index in [4.69, 9.17) is 9.84 Å². The molecule has 0 radical (unpaired) electrons. The van der Waals surface area contributed by atoms with Crippen molar-refractivity contribution in [3.63, 3.8) is 0 Å². The van der Waals surface area contributed by atoms with Crippen molar-refractivity contribution in [2.45, 2.75) is 32.1 Å². The van der Waals surface area contributed by atoms with E-state index in [2.05, 4.69) is 5.32 Å². The molecule has 0 fully saturated rings. The summed E-state index contributed by atoms with van der Waals surface area (Å²) in [4.78, 5) is 31.5. The van der Waals surface area contributed by atoms with E-state index in [-0.39, 0.29) is 18.4 Å². The number of benzene rings is 3. The lowest BCUT2D eigenvalue weighted by Crippen LogP contribution is -2.63. The molecule has 8 nitrogen and oxygen atoms in total. The normalized spacial score (nSPS) is 16.5. The minimum absolute atomic E-state index is 0.225. The maximum atomic E-state index is 14.0. The Bertz CT molecular complexity index is 1460. The third kappa shape index (κ3) is 5.23. The van der Waals surface area contributed by atoms with Gasteiger partial charge in [0.15, 0.2) is 0 Å². The van der Waals surface area contributed by atoms with Gasteiger partial charge in [-0.3, -0.25) is 14.3 Å². The SMILES string of the molecule is COc1ccc(-c2cc3n(n2)C[C@@](C)(C(=O)NCc2ccccc2)N(Cc2ccc(N(C)C)cc2)C3=O)cc1. The molecular formula is C31H33N5O3. The number of ether oxygens (including phenoxy) is 1. The third-order valence-electron chi connectivity index (χ3n) is 7.26. The number of hydrogen-bond donors (Lipinski definition) is 1. The molecule has 39 heavy (non-hydrogen) atoms. The number of fused-ring (bicyclic) bond motifs is 1. The van der Waals surface area contributed by atoms with Crippen LogP contribution < -0.4 is 15.0 Å². The number of nitrogens with zero attached hydrogens (tertiary/aromatic N) is 4. The highest BCUT2D eigenvalue weighted by Crippen LogP contribution is 2.32. The van der Waals surface area contributed by atoms with E-state index in [0.717, 1.165) is 28.1 Å². The molecule has 0 aliphatic carbocycles. The Labute approximate surface area is 228 Å². The predicted octanol–water partition coefficient (Wildman–Crippen LogP) is 4.36. The highest BCUT2D eigenvalue weighted by molar-refractivity contribution is 6.00. The fraction of sp³-hybridized carbons (Fsp3) is 0.258. The molecular weight excluding hydrogens is 490 g/mol. The molecule has 0 saturated heterocycles. The highest BCUT2D eigenvalue weighted by atomic mass is 16.5. The molecule has 1 aliphatic heterocycles. The predicted molar refractivity (Wildman–Crippen MR) is 152 cm³/mol. The number of carbonyl (C=O) groups is 2. The average Bonchev–Trinajstić information content (AvgIpc) is 3.38. The van der Waals surface area contributed by atoms with Crippen LogP contribution in [0.4, 0.5) is 5.69 Å². The van der Waals surface area contributed by atoms with Crippen LogP contribution in [0.1, 0.15) is 28.5 Å². The molecule has 8 heteroatoms. The summed E-state index contributed by atoms with van der Waals surface area (Å²) in [6.07, 6.45) is 0. The van der Waals surface area contributed by atoms with E-state index in [0.29, 0.717) is 24.5 Å². The molecule has 1 N–H and O–H groups in total. The summed E-state index contributed by atoms with van der Waals surface area (Å²) in [6.45, 7) is 2.72. The summed E-state index contributed by atoms with van der Waals surface area (Å²) >= 11 is 0. The molecule has 0 saturated carbocycles. The van der Waals surface area contributed by atoms with Crippen LogP contribution >= 0.6 is 0 Å². The lowest BCUT2D eigenvalue weighted by Gasteiger charge is -2.43. The van der Waals surface area contributed by atoms with Crippen LogP contribution in [-0.4, -0.2) is 53.2 Å². The first-order chi connectivity index (χ1) is 18.8. The largest absolute Gasteiger partial charge is 0.497 e. The fourth-order valence-electron chi connectivity index (χ4n) is 4.84. The molecule has 0 spiro atoms. The summed E-state index contributed by atoms with van der Waals surface area (Å²) in [5.41, 5.74) is 3.84. The first-order valence-electron chi connectivity index (χ1n) is 12.9. The van der Waals surface area contributed by atoms with Crippen molar-refractivity contribution in [3.05, 3.63) is 102 Å². The lowest BCUT2D eigenvalue weighted by atomic mass is 9.94. The molecule has 2 heterocycles. The Morgan fingerprint density at radius 3 is 2.33 bits per heavy atom. The standard InChI is InChI=1S/C31H33N5O3/c1-31(30(38)32-19-22-8-6-5-7-9-22)21-36-28(18-27(33-36)24-12-16-26(39-4)17-13-24)29(37)35(31)20-23-10-14-25(15-11-23)34(2)3/h5-18H,19-21H2,1-4H3,(H,32,38)/t31-/m0/s1. The molecule has 0 bridgehead atoms. The molecule has 4 aromatic rings. The van der Waals surface area contributed by atoms with Gasteiger partial charge in [0, 0.05) is 38.4 Å². The van der Waals surface area contributed by atoms with Gasteiger partial charge in [-0.05, 0) is 60.5 Å². The van der Waals surface area contributed by atoms with Gasteiger partial charge in [0.25, 0.3) is 5.91 Å². The molecule has 1 aromatic heterocycles. The van der Waals surface area contributed by atoms with Crippen LogP contribution in [0, 0.1) is 0 Å². The van der Waals surface area contributed by atoms with Gasteiger partial charge in [0.1, 0.15) is 17.0 Å². The number of methoxy groups -OCH3 is 1. The van der Waals surface area contributed by atoms with E-state index >= 15 is 0 Å². The maximum absolute atomic E-state index is 14.0. The number of nitrogens with one attached hydrogen (secondary N) is 1. The Hall–Kier alpha value is -4.59. The van der Waals surface area contributed by atoms with Crippen molar-refractivity contribution in [2.24, 2.45) is 0 Å². The van der Waals surface area contributed by atoms with Crippen molar-refractivity contribution in [1.29, 1.82) is 0 Å².